The van der Waals surface area contributed by atoms with E-state index in [0.717, 1.165) is 6.54 Å². The van der Waals surface area contributed by atoms with Crippen molar-refractivity contribution in [2.45, 2.75) is 27.2 Å². The van der Waals surface area contributed by atoms with Gasteiger partial charge in [-0.2, -0.15) is 0 Å². The lowest BCUT2D eigenvalue weighted by molar-refractivity contribution is 0.390. The topological polar surface area (TPSA) is 12.0 Å². The van der Waals surface area contributed by atoms with E-state index in [4.69, 9.17) is 0 Å². The second-order valence-electron chi connectivity index (χ2n) is 4.53. The fourth-order valence-corrected chi connectivity index (χ4v) is 1.09. The molecule has 71 valence electrons. The third-order valence-electron chi connectivity index (χ3n) is 1.92. The van der Waals surface area contributed by atoms with Gasteiger partial charge in [-0.15, -0.1) is 0 Å². The Balaban J connectivity index is 2.29. The molecule has 0 amide bonds. The van der Waals surface area contributed by atoms with Crippen LogP contribution < -0.4 is 5.32 Å². The van der Waals surface area contributed by atoms with Gasteiger partial charge in [-0.05, 0) is 30.0 Å². The quantitative estimate of drug-likeness (QED) is 0.744. The lowest BCUT2D eigenvalue weighted by Gasteiger charge is -2.18. The first-order valence-electron chi connectivity index (χ1n) is 4.78. The van der Waals surface area contributed by atoms with Crippen molar-refractivity contribution in [3.63, 3.8) is 0 Å². The number of nitrogens with one attached hydrogen (secondary N) is 1. The van der Waals surface area contributed by atoms with Gasteiger partial charge < -0.3 is 5.32 Å². The molecule has 0 spiro atoms. The van der Waals surface area contributed by atoms with Gasteiger partial charge in [-0.3, -0.25) is 0 Å². The highest BCUT2D eigenvalue weighted by molar-refractivity contribution is 5.41. The van der Waals surface area contributed by atoms with Crippen LogP contribution in [-0.4, -0.2) is 6.54 Å². The first-order chi connectivity index (χ1) is 6.08. The van der Waals surface area contributed by atoms with E-state index in [1.807, 2.05) is 24.3 Å². The van der Waals surface area contributed by atoms with Gasteiger partial charge in [-0.25, -0.2) is 0 Å². The molecule has 0 atom stereocenters. The Morgan fingerprint density at radius 2 is 1.85 bits per heavy atom. The summed E-state index contributed by atoms with van der Waals surface area (Å²) in [4.78, 5) is 0. The predicted molar refractivity (Wildman–Crippen MR) is 57.8 cm³/mol. The highest BCUT2D eigenvalue weighted by atomic mass is 14.9. The van der Waals surface area contributed by atoms with Gasteiger partial charge in [0.25, 0.3) is 0 Å². The highest BCUT2D eigenvalue weighted by Crippen LogP contribution is 2.18. The van der Waals surface area contributed by atoms with Crippen LogP contribution in [0.1, 0.15) is 27.2 Å². The summed E-state index contributed by atoms with van der Waals surface area (Å²) in [7, 11) is 0. The minimum Gasteiger partial charge on any atom is -0.385 e. The SMILES string of the molecule is CC(C)(C)CCNc1cc[c]cc1. The minimum absolute atomic E-state index is 0.411. The van der Waals surface area contributed by atoms with Gasteiger partial charge in [0.2, 0.25) is 0 Å². The molecular formula is C12H18N. The van der Waals surface area contributed by atoms with E-state index in [2.05, 4.69) is 32.2 Å². The lowest BCUT2D eigenvalue weighted by Crippen LogP contribution is -2.12. The average Bonchev–Trinajstić information content (AvgIpc) is 2.04. The van der Waals surface area contributed by atoms with Gasteiger partial charge in [-0.1, -0.05) is 32.9 Å². The molecule has 0 heterocycles. The number of anilines is 1. The van der Waals surface area contributed by atoms with E-state index in [9.17, 15) is 0 Å². The van der Waals surface area contributed by atoms with Crippen LogP contribution in [0.3, 0.4) is 0 Å². The number of rotatable bonds is 3. The molecule has 0 aliphatic rings. The van der Waals surface area contributed by atoms with Crippen LogP contribution in [0.2, 0.25) is 0 Å². The summed E-state index contributed by atoms with van der Waals surface area (Å²) in [6.07, 6.45) is 1.19. The Hall–Kier alpha value is -0.980. The van der Waals surface area contributed by atoms with Gasteiger partial charge in [0, 0.05) is 12.2 Å². The molecule has 13 heavy (non-hydrogen) atoms. The van der Waals surface area contributed by atoms with Crippen LogP contribution in [0.4, 0.5) is 5.69 Å². The Bertz CT molecular complexity index is 233. The second-order valence-corrected chi connectivity index (χ2v) is 4.53. The van der Waals surface area contributed by atoms with Crippen LogP contribution in [-0.2, 0) is 0 Å². The zero-order valence-electron chi connectivity index (χ0n) is 8.72. The Kier molecular flexibility index (Phi) is 3.35. The summed E-state index contributed by atoms with van der Waals surface area (Å²) >= 11 is 0. The molecular weight excluding hydrogens is 158 g/mol. The van der Waals surface area contributed by atoms with E-state index < -0.39 is 0 Å². The first kappa shape index (κ1) is 10.1. The Labute approximate surface area is 81.2 Å². The van der Waals surface area contributed by atoms with Gasteiger partial charge >= 0.3 is 0 Å². The largest absolute Gasteiger partial charge is 0.385 e. The predicted octanol–water partition coefficient (Wildman–Crippen LogP) is 3.33. The zero-order chi connectivity index (χ0) is 9.73. The van der Waals surface area contributed by atoms with Crippen molar-refractivity contribution in [3.05, 3.63) is 30.3 Å². The van der Waals surface area contributed by atoms with Crippen LogP contribution in [0, 0.1) is 11.5 Å². The number of hydrogen-bond donors (Lipinski definition) is 1. The van der Waals surface area contributed by atoms with Crippen molar-refractivity contribution in [2.24, 2.45) is 5.41 Å². The Morgan fingerprint density at radius 1 is 1.23 bits per heavy atom. The minimum atomic E-state index is 0.411. The molecule has 1 aromatic carbocycles. The lowest BCUT2D eigenvalue weighted by atomic mass is 9.92. The first-order valence-corrected chi connectivity index (χ1v) is 4.78. The van der Waals surface area contributed by atoms with Crippen LogP contribution in [0.15, 0.2) is 24.3 Å². The maximum Gasteiger partial charge on any atom is 0.0340 e. The maximum atomic E-state index is 3.38. The molecule has 0 unspecified atom stereocenters. The summed E-state index contributed by atoms with van der Waals surface area (Å²) in [5.41, 5.74) is 1.59. The molecule has 1 radical (unpaired) electrons. The van der Waals surface area contributed by atoms with Crippen molar-refractivity contribution in [2.75, 3.05) is 11.9 Å². The highest BCUT2D eigenvalue weighted by Gasteiger charge is 2.08. The van der Waals surface area contributed by atoms with Crippen molar-refractivity contribution in [3.8, 4) is 0 Å². The molecule has 0 saturated carbocycles. The molecule has 0 saturated heterocycles. The third kappa shape index (κ3) is 4.56. The molecule has 1 aromatic rings. The maximum absolute atomic E-state index is 3.38. The molecule has 0 aliphatic heterocycles. The molecule has 1 rings (SSSR count). The number of hydrogen-bond acceptors (Lipinski definition) is 1. The summed E-state index contributed by atoms with van der Waals surface area (Å²) < 4.78 is 0. The van der Waals surface area contributed by atoms with Gasteiger partial charge in [0.1, 0.15) is 0 Å². The fourth-order valence-electron chi connectivity index (χ4n) is 1.09. The average molecular weight is 176 g/mol. The van der Waals surface area contributed by atoms with Crippen molar-refractivity contribution in [1.82, 2.24) is 0 Å². The normalized spacial score (nSPS) is 11.3. The third-order valence-corrected chi connectivity index (χ3v) is 1.92. The molecule has 0 aromatic heterocycles. The van der Waals surface area contributed by atoms with Gasteiger partial charge in [0.15, 0.2) is 0 Å². The van der Waals surface area contributed by atoms with E-state index in [-0.39, 0.29) is 0 Å². The standard InChI is InChI=1S/C12H18N/c1-12(2,3)9-10-13-11-7-5-4-6-8-11/h5-8,13H,9-10H2,1-3H3. The van der Waals surface area contributed by atoms with E-state index in [0.29, 0.717) is 5.41 Å². The van der Waals surface area contributed by atoms with Crippen LogP contribution in [0.25, 0.3) is 0 Å². The molecule has 0 fully saturated rings. The van der Waals surface area contributed by atoms with Crippen molar-refractivity contribution in [1.29, 1.82) is 0 Å². The van der Waals surface area contributed by atoms with Crippen molar-refractivity contribution >= 4 is 5.69 Å². The van der Waals surface area contributed by atoms with Gasteiger partial charge in [0.05, 0.1) is 0 Å². The van der Waals surface area contributed by atoms with E-state index in [1.54, 1.807) is 0 Å². The molecule has 0 bridgehead atoms. The van der Waals surface area contributed by atoms with Crippen LogP contribution in [0.5, 0.6) is 0 Å². The second kappa shape index (κ2) is 4.31. The fraction of sp³-hybridized carbons (Fsp3) is 0.500. The Morgan fingerprint density at radius 3 is 2.38 bits per heavy atom. The summed E-state index contributed by atoms with van der Waals surface area (Å²) in [6, 6.07) is 10.9. The van der Waals surface area contributed by atoms with E-state index in [1.165, 1.54) is 12.1 Å². The smallest absolute Gasteiger partial charge is 0.0340 e. The molecule has 1 nitrogen and oxygen atoms in total. The van der Waals surface area contributed by atoms with E-state index >= 15 is 0 Å². The zero-order valence-corrected chi connectivity index (χ0v) is 8.72. The summed E-state index contributed by atoms with van der Waals surface area (Å²) in [5, 5.41) is 3.38. The van der Waals surface area contributed by atoms with Crippen LogP contribution >= 0.6 is 0 Å². The monoisotopic (exact) mass is 176 g/mol. The van der Waals surface area contributed by atoms with Crippen molar-refractivity contribution < 1.29 is 0 Å². The summed E-state index contributed by atoms with van der Waals surface area (Å²) in [6.45, 7) is 7.81. The molecule has 0 aliphatic carbocycles. The molecule has 1 N–H and O–H groups in total. The number of benzene rings is 1. The molecule has 1 heteroatoms. The summed E-state index contributed by atoms with van der Waals surface area (Å²) in [5.74, 6) is 0.